The van der Waals surface area contributed by atoms with E-state index in [0.29, 0.717) is 18.1 Å². The Labute approximate surface area is 167 Å². The molecule has 0 radical (unpaired) electrons. The van der Waals surface area contributed by atoms with Crippen molar-refractivity contribution in [1.82, 2.24) is 15.1 Å². The van der Waals surface area contributed by atoms with Gasteiger partial charge in [-0.3, -0.25) is 9.48 Å². The molecule has 158 valence electrons. The summed E-state index contributed by atoms with van der Waals surface area (Å²) in [5.41, 5.74) is 0.654. The molecule has 6 nitrogen and oxygen atoms in total. The number of carbonyl (C=O) groups is 1. The van der Waals surface area contributed by atoms with E-state index in [1.807, 2.05) is 0 Å². The topological polar surface area (TPSA) is 65.4 Å². The molecule has 1 amide bonds. The van der Waals surface area contributed by atoms with E-state index in [0.717, 1.165) is 19.4 Å². The Morgan fingerprint density at radius 3 is 2.55 bits per heavy atom. The van der Waals surface area contributed by atoms with Gasteiger partial charge in [-0.05, 0) is 51.0 Å². The summed E-state index contributed by atoms with van der Waals surface area (Å²) in [6, 6.07) is 3.87. The number of hydrogen-bond acceptors (Lipinski definition) is 4. The molecule has 1 aliphatic rings. The fourth-order valence-electron chi connectivity index (χ4n) is 3.41. The zero-order valence-electron chi connectivity index (χ0n) is 16.5. The van der Waals surface area contributed by atoms with Gasteiger partial charge >= 0.3 is 6.18 Å². The maximum Gasteiger partial charge on any atom is 0.413 e. The van der Waals surface area contributed by atoms with E-state index >= 15 is 0 Å². The predicted octanol–water partition coefficient (Wildman–Crippen LogP) is 3.63. The van der Waals surface area contributed by atoms with Gasteiger partial charge in [-0.2, -0.15) is 18.3 Å². The number of aromatic nitrogens is 2. The minimum atomic E-state index is -4.65. The zero-order chi connectivity index (χ0) is 21.2. The lowest BCUT2D eigenvalue weighted by Crippen LogP contribution is -2.38. The maximum atomic E-state index is 13.7. The van der Waals surface area contributed by atoms with Gasteiger partial charge in [-0.1, -0.05) is 0 Å². The number of benzene rings is 1. The summed E-state index contributed by atoms with van der Waals surface area (Å²) in [6.07, 6.45) is -2.66. The average molecular weight is 411 g/mol. The lowest BCUT2D eigenvalue weighted by atomic mass is 10.0. The molecule has 2 unspecified atom stereocenters. The van der Waals surface area contributed by atoms with Gasteiger partial charge in [-0.25, -0.2) is 0 Å². The molecule has 1 aliphatic heterocycles. The summed E-state index contributed by atoms with van der Waals surface area (Å²) in [7, 11) is 1.57. The fraction of sp³-hybridized carbons (Fsp3) is 0.500. The van der Waals surface area contributed by atoms with Gasteiger partial charge in [-0.15, -0.1) is 0 Å². The molecular formula is C20H24F3N3O3. The van der Waals surface area contributed by atoms with Crippen molar-refractivity contribution in [3.8, 4) is 5.75 Å². The molecule has 9 heteroatoms. The van der Waals surface area contributed by atoms with Gasteiger partial charge in [0.1, 0.15) is 12.4 Å². The Morgan fingerprint density at radius 2 is 2.03 bits per heavy atom. The number of nitrogens with one attached hydrogen (secondary N) is 1. The number of carbonyl (C=O) groups excluding carboxylic acids is 1. The number of nitrogens with zero attached hydrogens (tertiary/aromatic N) is 2. The van der Waals surface area contributed by atoms with E-state index in [4.69, 9.17) is 9.47 Å². The van der Waals surface area contributed by atoms with Crippen molar-refractivity contribution < 1.29 is 27.4 Å². The third kappa shape index (κ3) is 4.90. The van der Waals surface area contributed by atoms with Crippen LogP contribution in [0.5, 0.6) is 5.75 Å². The Balaban J connectivity index is 1.71. The first kappa shape index (κ1) is 21.2. The van der Waals surface area contributed by atoms with Crippen LogP contribution in [-0.2, 0) is 11.8 Å². The van der Waals surface area contributed by atoms with Gasteiger partial charge < -0.3 is 14.8 Å². The van der Waals surface area contributed by atoms with Crippen LogP contribution >= 0.6 is 0 Å². The number of amides is 1. The Kier molecular flexibility index (Phi) is 6.16. The van der Waals surface area contributed by atoms with Crippen molar-refractivity contribution in [3.05, 3.63) is 46.8 Å². The molecule has 3 rings (SSSR count). The largest absolute Gasteiger partial charge is 0.491 e. The first-order valence-electron chi connectivity index (χ1n) is 9.39. The highest BCUT2D eigenvalue weighted by atomic mass is 19.4. The van der Waals surface area contributed by atoms with E-state index < -0.39 is 18.1 Å². The molecule has 29 heavy (non-hydrogen) atoms. The first-order chi connectivity index (χ1) is 13.7. The van der Waals surface area contributed by atoms with E-state index in [1.165, 1.54) is 23.7 Å². The lowest BCUT2D eigenvalue weighted by molar-refractivity contribution is -0.155. The fourth-order valence-corrected chi connectivity index (χ4v) is 3.41. The van der Waals surface area contributed by atoms with Crippen LogP contribution in [0.2, 0.25) is 0 Å². The van der Waals surface area contributed by atoms with Crippen molar-refractivity contribution in [2.24, 2.45) is 7.05 Å². The second kappa shape index (κ2) is 8.44. The molecule has 2 atom stereocenters. The van der Waals surface area contributed by atoms with Crippen molar-refractivity contribution in [3.63, 3.8) is 0 Å². The minimum absolute atomic E-state index is 0.0372. The SMILES string of the molecule is Cc1nn(C)c(C)c1C(NC(=O)c1ccc(OCC2CCCO2)cc1)C(F)(F)F. The third-order valence-corrected chi connectivity index (χ3v) is 5.03. The van der Waals surface area contributed by atoms with Gasteiger partial charge in [0.05, 0.1) is 11.8 Å². The molecule has 1 fully saturated rings. The molecule has 2 heterocycles. The summed E-state index contributed by atoms with van der Waals surface area (Å²) >= 11 is 0. The minimum Gasteiger partial charge on any atom is -0.491 e. The number of aryl methyl sites for hydroxylation is 2. The van der Waals surface area contributed by atoms with E-state index in [9.17, 15) is 18.0 Å². The molecule has 0 spiro atoms. The highest BCUT2D eigenvalue weighted by Gasteiger charge is 2.44. The van der Waals surface area contributed by atoms with Crippen LogP contribution in [0.15, 0.2) is 24.3 Å². The molecule has 0 saturated carbocycles. The molecule has 1 aromatic heterocycles. The summed E-state index contributed by atoms with van der Waals surface area (Å²) in [6.45, 7) is 4.17. The highest BCUT2D eigenvalue weighted by Crippen LogP contribution is 2.36. The van der Waals surface area contributed by atoms with Crippen molar-refractivity contribution in [2.45, 2.75) is 45.0 Å². The van der Waals surface area contributed by atoms with Crippen molar-refractivity contribution in [1.29, 1.82) is 0 Å². The molecule has 0 bridgehead atoms. The van der Waals surface area contributed by atoms with Crippen LogP contribution in [-0.4, -0.2) is 41.2 Å². The number of ether oxygens (including phenoxy) is 2. The average Bonchev–Trinajstić information content (AvgIpc) is 3.26. The number of alkyl halides is 3. The van der Waals surface area contributed by atoms with Crippen molar-refractivity contribution in [2.75, 3.05) is 13.2 Å². The zero-order valence-corrected chi connectivity index (χ0v) is 16.5. The highest BCUT2D eigenvalue weighted by molar-refractivity contribution is 5.94. The van der Waals surface area contributed by atoms with E-state index in [2.05, 4.69) is 10.4 Å². The number of rotatable bonds is 6. The number of hydrogen-bond donors (Lipinski definition) is 1. The van der Waals surface area contributed by atoms with Crippen LogP contribution in [0.1, 0.15) is 46.2 Å². The molecular weight excluding hydrogens is 387 g/mol. The van der Waals surface area contributed by atoms with Crippen molar-refractivity contribution >= 4 is 5.91 Å². The molecule has 1 N–H and O–H groups in total. The standard InChI is InChI=1S/C20H24F3N3O3/c1-12-17(13(2)26(3)25-12)18(20(21,22)23)24-19(27)14-6-8-15(9-7-14)29-11-16-5-4-10-28-16/h6-9,16,18H,4-5,10-11H2,1-3H3,(H,24,27). The second-order valence-corrected chi connectivity index (χ2v) is 7.13. The quantitative estimate of drug-likeness (QED) is 0.789. The van der Waals surface area contributed by atoms with Crippen LogP contribution in [0, 0.1) is 13.8 Å². The monoisotopic (exact) mass is 411 g/mol. The lowest BCUT2D eigenvalue weighted by Gasteiger charge is -2.22. The number of halogens is 3. The van der Waals surface area contributed by atoms with Gasteiger partial charge in [0.2, 0.25) is 0 Å². The van der Waals surface area contributed by atoms with E-state index in [1.54, 1.807) is 26.1 Å². The molecule has 0 aliphatic carbocycles. The summed E-state index contributed by atoms with van der Waals surface area (Å²) in [4.78, 5) is 12.5. The maximum absolute atomic E-state index is 13.7. The molecule has 1 saturated heterocycles. The van der Waals surface area contributed by atoms with Crippen LogP contribution in [0.25, 0.3) is 0 Å². The normalized spacial score (nSPS) is 17.9. The molecule has 2 aromatic rings. The first-order valence-corrected chi connectivity index (χ1v) is 9.39. The predicted molar refractivity (Wildman–Crippen MR) is 99.9 cm³/mol. The van der Waals surface area contributed by atoms with E-state index in [-0.39, 0.29) is 22.9 Å². The van der Waals surface area contributed by atoms with Gasteiger partial charge in [0.25, 0.3) is 5.91 Å². The summed E-state index contributed by atoms with van der Waals surface area (Å²) in [5, 5.41) is 6.13. The Morgan fingerprint density at radius 1 is 1.34 bits per heavy atom. The van der Waals surface area contributed by atoms with Crippen LogP contribution < -0.4 is 10.1 Å². The molecule has 1 aromatic carbocycles. The second-order valence-electron chi connectivity index (χ2n) is 7.13. The summed E-state index contributed by atoms with van der Waals surface area (Å²) in [5.74, 6) is -0.288. The van der Waals surface area contributed by atoms with Crippen LogP contribution in [0.3, 0.4) is 0 Å². The van der Waals surface area contributed by atoms with Gasteiger partial charge in [0, 0.05) is 30.5 Å². The van der Waals surface area contributed by atoms with Gasteiger partial charge in [0.15, 0.2) is 6.04 Å². The third-order valence-electron chi connectivity index (χ3n) is 5.03. The smallest absolute Gasteiger partial charge is 0.413 e. The van der Waals surface area contributed by atoms with Crippen LogP contribution in [0.4, 0.5) is 13.2 Å². The Hall–Kier alpha value is -2.55. The summed E-state index contributed by atoms with van der Waals surface area (Å²) < 4.78 is 53.5. The Bertz CT molecular complexity index is 856.